The summed E-state index contributed by atoms with van der Waals surface area (Å²) in [4.78, 5) is 27.4. The Balaban J connectivity index is 2.25. The van der Waals surface area contributed by atoms with Gasteiger partial charge in [-0.3, -0.25) is 9.59 Å². The van der Waals surface area contributed by atoms with E-state index in [0.29, 0.717) is 21.4 Å². The molecule has 168 valence electrons. The monoisotopic (exact) mass is 464 g/mol. The summed E-state index contributed by atoms with van der Waals surface area (Å²) in [6.07, 6.45) is 0. The highest BCUT2D eigenvalue weighted by atomic mass is 35.5. The molecule has 0 fully saturated rings. The third-order valence-corrected chi connectivity index (χ3v) is 5.51. The lowest BCUT2D eigenvalue weighted by molar-refractivity contribution is -0.142. The van der Waals surface area contributed by atoms with Crippen molar-refractivity contribution >= 4 is 35.0 Å². The fraction of sp³-hybridized carbons (Fsp3) is 0.417. The number of halogens is 2. The maximum atomic E-state index is 13.2. The molecule has 2 aromatic rings. The van der Waals surface area contributed by atoms with Crippen LogP contribution in [0.25, 0.3) is 0 Å². The lowest BCUT2D eigenvalue weighted by atomic mass is 10.1. The van der Waals surface area contributed by atoms with Gasteiger partial charge in [0.25, 0.3) is 5.91 Å². The van der Waals surface area contributed by atoms with E-state index in [2.05, 4.69) is 5.32 Å². The van der Waals surface area contributed by atoms with Crippen LogP contribution in [0.3, 0.4) is 0 Å². The minimum absolute atomic E-state index is 0.156. The van der Waals surface area contributed by atoms with Gasteiger partial charge >= 0.3 is 0 Å². The van der Waals surface area contributed by atoms with Crippen LogP contribution < -0.4 is 10.1 Å². The Morgan fingerprint density at radius 2 is 1.81 bits per heavy atom. The van der Waals surface area contributed by atoms with Crippen molar-refractivity contribution in [2.75, 3.05) is 6.61 Å². The Labute approximate surface area is 194 Å². The maximum absolute atomic E-state index is 13.2. The number of nitrogens with one attached hydrogen (secondary N) is 1. The highest BCUT2D eigenvalue weighted by Gasteiger charge is 2.29. The summed E-state index contributed by atoms with van der Waals surface area (Å²) in [6, 6.07) is 10.0. The second kappa shape index (κ2) is 10.4. The number of aryl methyl sites for hydroxylation is 1. The summed E-state index contributed by atoms with van der Waals surface area (Å²) in [7, 11) is 0. The van der Waals surface area contributed by atoms with Crippen LogP contribution in [-0.4, -0.2) is 34.9 Å². The number of hydrogen-bond donors (Lipinski definition) is 1. The van der Waals surface area contributed by atoms with Crippen molar-refractivity contribution in [2.45, 2.75) is 59.7 Å². The van der Waals surface area contributed by atoms with Crippen molar-refractivity contribution in [1.82, 2.24) is 10.2 Å². The number of nitrogens with zero attached hydrogens (tertiary/aromatic N) is 1. The second-order valence-corrected chi connectivity index (χ2v) is 9.50. The molecule has 0 heterocycles. The number of ether oxygens (including phenoxy) is 1. The molecule has 0 aliphatic rings. The van der Waals surface area contributed by atoms with Crippen LogP contribution in [-0.2, 0) is 16.1 Å². The van der Waals surface area contributed by atoms with E-state index in [1.807, 2.05) is 52.8 Å². The second-order valence-electron chi connectivity index (χ2n) is 8.66. The predicted molar refractivity (Wildman–Crippen MR) is 126 cm³/mol. The normalized spacial score (nSPS) is 12.3. The van der Waals surface area contributed by atoms with Gasteiger partial charge < -0.3 is 15.0 Å². The fourth-order valence-corrected chi connectivity index (χ4v) is 3.46. The molecular formula is C24H30Cl2N2O3. The number of carbonyl (C=O) groups is 2. The third kappa shape index (κ3) is 7.15. The molecule has 0 aliphatic heterocycles. The number of rotatable bonds is 7. The SMILES string of the molecule is Cc1cccc(OCC(=O)N(Cc2ccc(Cl)cc2Cl)[C@@H](C)C(=O)NC(C)(C)C)c1C. The number of carbonyl (C=O) groups excluding carboxylic acids is 2. The number of benzene rings is 2. The largest absolute Gasteiger partial charge is 0.483 e. The zero-order chi connectivity index (χ0) is 23.3. The molecule has 0 unspecified atom stereocenters. The third-order valence-electron chi connectivity index (χ3n) is 4.93. The van der Waals surface area contributed by atoms with Crippen LogP contribution in [0.5, 0.6) is 5.75 Å². The van der Waals surface area contributed by atoms with Gasteiger partial charge in [0, 0.05) is 22.1 Å². The molecule has 2 aromatic carbocycles. The molecule has 0 aliphatic carbocycles. The topological polar surface area (TPSA) is 58.6 Å². The van der Waals surface area contributed by atoms with E-state index in [4.69, 9.17) is 27.9 Å². The summed E-state index contributed by atoms with van der Waals surface area (Å²) in [5, 5.41) is 3.86. The molecule has 0 spiro atoms. The Morgan fingerprint density at radius 1 is 1.13 bits per heavy atom. The van der Waals surface area contributed by atoms with Crippen LogP contribution in [0.4, 0.5) is 0 Å². The van der Waals surface area contributed by atoms with Gasteiger partial charge in [0.05, 0.1) is 0 Å². The zero-order valence-corrected chi connectivity index (χ0v) is 20.4. The Morgan fingerprint density at radius 3 is 2.42 bits per heavy atom. The standard InChI is InChI=1S/C24H30Cl2N2O3/c1-15-8-7-9-21(16(15)2)31-14-22(29)28(17(3)23(30)27-24(4,5)6)13-18-10-11-19(25)12-20(18)26/h7-12,17H,13-14H2,1-6H3,(H,27,30)/t17-/m0/s1. The lowest BCUT2D eigenvalue weighted by Crippen LogP contribution is -2.53. The number of hydrogen-bond acceptors (Lipinski definition) is 3. The van der Waals surface area contributed by atoms with Gasteiger partial charge in [-0.15, -0.1) is 0 Å². The van der Waals surface area contributed by atoms with Crippen molar-refractivity contribution in [3.05, 3.63) is 63.1 Å². The van der Waals surface area contributed by atoms with Crippen molar-refractivity contribution in [3.8, 4) is 5.75 Å². The molecule has 1 atom stereocenters. The molecule has 0 radical (unpaired) electrons. The first-order valence-corrected chi connectivity index (χ1v) is 10.9. The van der Waals surface area contributed by atoms with E-state index in [9.17, 15) is 9.59 Å². The molecule has 0 saturated carbocycles. The van der Waals surface area contributed by atoms with E-state index < -0.39 is 11.6 Å². The molecule has 31 heavy (non-hydrogen) atoms. The van der Waals surface area contributed by atoms with Gasteiger partial charge in [-0.2, -0.15) is 0 Å². The van der Waals surface area contributed by atoms with Crippen LogP contribution in [0.1, 0.15) is 44.4 Å². The Bertz CT molecular complexity index is 954. The molecule has 5 nitrogen and oxygen atoms in total. The van der Waals surface area contributed by atoms with Crippen molar-refractivity contribution in [1.29, 1.82) is 0 Å². The molecule has 0 bridgehead atoms. The summed E-state index contributed by atoms with van der Waals surface area (Å²) < 4.78 is 5.80. The average molecular weight is 465 g/mol. The molecule has 2 amide bonds. The van der Waals surface area contributed by atoms with Crippen LogP contribution in [0, 0.1) is 13.8 Å². The smallest absolute Gasteiger partial charge is 0.261 e. The van der Waals surface area contributed by atoms with Gasteiger partial charge in [-0.25, -0.2) is 0 Å². The Kier molecular flexibility index (Phi) is 8.38. The maximum Gasteiger partial charge on any atom is 0.261 e. The summed E-state index contributed by atoms with van der Waals surface area (Å²) in [5.41, 5.74) is 2.32. The molecule has 0 aromatic heterocycles. The summed E-state index contributed by atoms with van der Waals surface area (Å²) in [5.74, 6) is 0.0748. The Hall–Kier alpha value is -2.24. The zero-order valence-electron chi connectivity index (χ0n) is 18.9. The molecule has 2 rings (SSSR count). The van der Waals surface area contributed by atoms with Gasteiger partial charge in [0.2, 0.25) is 5.91 Å². The van der Waals surface area contributed by atoms with Crippen LogP contribution in [0.15, 0.2) is 36.4 Å². The highest BCUT2D eigenvalue weighted by Crippen LogP contribution is 2.24. The summed E-state index contributed by atoms with van der Waals surface area (Å²) >= 11 is 12.3. The molecule has 0 saturated heterocycles. The lowest BCUT2D eigenvalue weighted by Gasteiger charge is -2.31. The molecule has 7 heteroatoms. The first-order valence-electron chi connectivity index (χ1n) is 10.1. The molecular weight excluding hydrogens is 435 g/mol. The fourth-order valence-electron chi connectivity index (χ4n) is 2.99. The minimum Gasteiger partial charge on any atom is -0.483 e. The minimum atomic E-state index is -0.722. The molecule has 1 N–H and O–H groups in total. The first kappa shape index (κ1) is 25.0. The van der Waals surface area contributed by atoms with Crippen molar-refractivity contribution in [2.24, 2.45) is 0 Å². The summed E-state index contributed by atoms with van der Waals surface area (Å²) in [6.45, 7) is 11.3. The van der Waals surface area contributed by atoms with Gasteiger partial charge in [0.1, 0.15) is 11.8 Å². The van der Waals surface area contributed by atoms with E-state index >= 15 is 0 Å². The van der Waals surface area contributed by atoms with E-state index in [-0.39, 0.29) is 25.0 Å². The van der Waals surface area contributed by atoms with E-state index in [1.165, 1.54) is 4.90 Å². The van der Waals surface area contributed by atoms with Crippen LogP contribution >= 0.6 is 23.2 Å². The van der Waals surface area contributed by atoms with Crippen LogP contribution in [0.2, 0.25) is 10.0 Å². The highest BCUT2D eigenvalue weighted by molar-refractivity contribution is 6.35. The van der Waals surface area contributed by atoms with Crippen molar-refractivity contribution < 1.29 is 14.3 Å². The predicted octanol–water partition coefficient (Wildman–Crippen LogP) is 5.32. The van der Waals surface area contributed by atoms with Crippen molar-refractivity contribution in [3.63, 3.8) is 0 Å². The van der Waals surface area contributed by atoms with E-state index in [0.717, 1.165) is 11.1 Å². The first-order chi connectivity index (χ1) is 14.4. The van der Waals surface area contributed by atoms with Gasteiger partial charge in [-0.05, 0) is 76.4 Å². The number of amides is 2. The quantitative estimate of drug-likeness (QED) is 0.602. The van der Waals surface area contributed by atoms with Gasteiger partial charge in [0.15, 0.2) is 6.61 Å². The van der Waals surface area contributed by atoms with Gasteiger partial charge in [-0.1, -0.05) is 41.4 Å². The van der Waals surface area contributed by atoms with E-state index in [1.54, 1.807) is 25.1 Å². The average Bonchev–Trinajstić information content (AvgIpc) is 2.66.